The highest BCUT2D eigenvalue weighted by Crippen LogP contribution is 2.49. The number of hydrogen-bond donors (Lipinski definition) is 0. The number of rotatable bonds is 3. The van der Waals surface area contributed by atoms with Crippen LogP contribution in [0.15, 0.2) is 77.9 Å². The van der Waals surface area contributed by atoms with E-state index in [9.17, 15) is 18.0 Å². The maximum absolute atomic E-state index is 14.3. The van der Waals surface area contributed by atoms with Crippen LogP contribution >= 0.6 is 11.6 Å². The Morgan fingerprint density at radius 3 is 2.47 bits per heavy atom. The van der Waals surface area contributed by atoms with Crippen molar-refractivity contribution in [2.45, 2.75) is 32.1 Å². The molecule has 3 aliphatic heterocycles. The Balaban J connectivity index is 1.43. The Labute approximate surface area is 224 Å². The molecule has 3 aromatic carbocycles. The molecule has 0 radical (unpaired) electrons. The molecule has 5 nitrogen and oxygen atoms in total. The third-order valence-electron chi connectivity index (χ3n) is 8.01. The van der Waals surface area contributed by atoms with Crippen molar-refractivity contribution < 1.29 is 18.0 Å². The van der Waals surface area contributed by atoms with E-state index in [1.54, 1.807) is 30.3 Å². The summed E-state index contributed by atoms with van der Waals surface area (Å²) in [6.07, 6.45) is -4.31. The van der Waals surface area contributed by atoms with Gasteiger partial charge in [0.1, 0.15) is 5.41 Å². The first-order chi connectivity index (χ1) is 18.2. The van der Waals surface area contributed by atoms with Crippen molar-refractivity contribution in [3.05, 3.63) is 94.5 Å². The Bertz CT molecular complexity index is 1410. The van der Waals surface area contributed by atoms with Crippen molar-refractivity contribution in [1.82, 2.24) is 4.90 Å². The van der Waals surface area contributed by atoms with E-state index >= 15 is 0 Å². The number of halogens is 4. The first-order valence-electron chi connectivity index (χ1n) is 12.6. The van der Waals surface area contributed by atoms with E-state index in [1.165, 1.54) is 16.6 Å². The number of carbonyl (C=O) groups excluding carboxylic acids is 1. The summed E-state index contributed by atoms with van der Waals surface area (Å²) in [7, 11) is 0. The number of amides is 1. The highest BCUT2D eigenvalue weighted by Gasteiger charge is 2.60. The van der Waals surface area contributed by atoms with Gasteiger partial charge in [-0.3, -0.25) is 9.69 Å². The molecule has 0 N–H and O–H groups in total. The second-order valence-corrected chi connectivity index (χ2v) is 10.6. The molecule has 1 saturated heterocycles. The van der Waals surface area contributed by atoms with Crippen molar-refractivity contribution in [3.63, 3.8) is 0 Å². The van der Waals surface area contributed by atoms with Crippen LogP contribution in [0, 0.1) is 5.41 Å². The fourth-order valence-corrected chi connectivity index (χ4v) is 6.24. The zero-order valence-electron chi connectivity index (χ0n) is 20.8. The predicted molar refractivity (Wildman–Crippen MR) is 142 cm³/mol. The number of nitrogens with zero attached hydrogens (tertiary/aromatic N) is 4. The van der Waals surface area contributed by atoms with Gasteiger partial charge in [-0.2, -0.15) is 23.3 Å². The number of piperazine rings is 1. The van der Waals surface area contributed by atoms with Gasteiger partial charge in [0.2, 0.25) is 0 Å². The summed E-state index contributed by atoms with van der Waals surface area (Å²) in [6, 6.07) is 20.6. The maximum atomic E-state index is 14.3. The SMILES string of the molecule is CC1=NN(c2ccc(Cl)cc2)C(=O)[C@]12Cc1cc(C(F)(F)F)ccc1N1CCN(Cc3ccccc3)C[C@H]12. The molecule has 3 heterocycles. The third-order valence-corrected chi connectivity index (χ3v) is 8.26. The van der Waals surface area contributed by atoms with Crippen LogP contribution < -0.4 is 9.91 Å². The number of alkyl halides is 3. The molecule has 1 spiro atoms. The Morgan fingerprint density at radius 1 is 1.03 bits per heavy atom. The summed E-state index contributed by atoms with van der Waals surface area (Å²) < 4.78 is 41.0. The summed E-state index contributed by atoms with van der Waals surface area (Å²) in [6.45, 7) is 4.46. The number of anilines is 2. The number of benzene rings is 3. The summed E-state index contributed by atoms with van der Waals surface area (Å²) in [5, 5.41) is 6.61. The van der Waals surface area contributed by atoms with Gasteiger partial charge >= 0.3 is 6.18 Å². The zero-order valence-corrected chi connectivity index (χ0v) is 21.5. The van der Waals surface area contributed by atoms with Crippen molar-refractivity contribution in [2.75, 3.05) is 29.5 Å². The molecule has 38 heavy (non-hydrogen) atoms. The van der Waals surface area contributed by atoms with E-state index in [0.717, 1.165) is 24.8 Å². The summed E-state index contributed by atoms with van der Waals surface area (Å²) in [5.74, 6) is -0.225. The van der Waals surface area contributed by atoms with Crippen LogP contribution in [0.25, 0.3) is 0 Å². The van der Waals surface area contributed by atoms with Gasteiger partial charge in [-0.25, -0.2) is 0 Å². The van der Waals surface area contributed by atoms with Gasteiger partial charge in [-0.15, -0.1) is 0 Å². The lowest BCUT2D eigenvalue weighted by Crippen LogP contribution is -2.66. The molecule has 3 aliphatic rings. The molecule has 1 fully saturated rings. The minimum absolute atomic E-state index is 0.158. The van der Waals surface area contributed by atoms with Crippen LogP contribution in [0.1, 0.15) is 23.6 Å². The molecule has 196 valence electrons. The van der Waals surface area contributed by atoms with Crippen LogP contribution in [-0.2, 0) is 23.9 Å². The Kier molecular flexibility index (Phi) is 6.00. The lowest BCUT2D eigenvalue weighted by molar-refractivity contribution is -0.137. The first kappa shape index (κ1) is 24.9. The molecule has 0 unspecified atom stereocenters. The Hall–Kier alpha value is -3.36. The van der Waals surface area contributed by atoms with Crippen LogP contribution in [0.5, 0.6) is 0 Å². The molecule has 2 atom stereocenters. The molecule has 0 aromatic heterocycles. The molecule has 3 aromatic rings. The van der Waals surface area contributed by atoms with Gasteiger partial charge in [0, 0.05) is 36.9 Å². The second-order valence-electron chi connectivity index (χ2n) is 10.2. The van der Waals surface area contributed by atoms with Crippen LogP contribution in [0.2, 0.25) is 5.02 Å². The number of hydrogen-bond acceptors (Lipinski definition) is 4. The lowest BCUT2D eigenvalue weighted by atomic mass is 9.67. The summed E-state index contributed by atoms with van der Waals surface area (Å²) in [4.78, 5) is 18.7. The maximum Gasteiger partial charge on any atom is 0.416 e. The highest BCUT2D eigenvalue weighted by molar-refractivity contribution is 6.30. The Morgan fingerprint density at radius 2 is 1.76 bits per heavy atom. The molecule has 0 bridgehead atoms. The van der Waals surface area contributed by atoms with E-state index in [2.05, 4.69) is 27.0 Å². The van der Waals surface area contributed by atoms with Crippen LogP contribution in [0.3, 0.4) is 0 Å². The topological polar surface area (TPSA) is 39.2 Å². The first-order valence-corrected chi connectivity index (χ1v) is 12.9. The van der Waals surface area contributed by atoms with Gasteiger partial charge in [0.25, 0.3) is 5.91 Å². The largest absolute Gasteiger partial charge is 0.416 e. The standard InChI is InChI=1S/C29H26ClF3N4O/c1-19-28(27(38)37(34-19)24-10-8-23(30)9-11-24)16-21-15-22(29(31,32)33)7-12-25(21)36-14-13-35(18-26(28)36)17-20-5-3-2-4-6-20/h2-12,15,26H,13-14,16-18H2,1H3/t26-,28+/m0/s1. The van der Waals surface area contributed by atoms with E-state index in [0.29, 0.717) is 35.1 Å². The molecule has 1 amide bonds. The van der Waals surface area contributed by atoms with Crippen molar-refractivity contribution in [3.8, 4) is 0 Å². The minimum Gasteiger partial charge on any atom is -0.364 e. The zero-order chi connectivity index (χ0) is 26.7. The minimum atomic E-state index is -4.47. The van der Waals surface area contributed by atoms with Crippen molar-refractivity contribution >= 4 is 34.6 Å². The average Bonchev–Trinajstić information content (AvgIpc) is 3.14. The molecular formula is C29H26ClF3N4O. The summed E-state index contributed by atoms with van der Waals surface area (Å²) >= 11 is 6.06. The average molecular weight is 539 g/mol. The van der Waals surface area contributed by atoms with Crippen LogP contribution in [0.4, 0.5) is 24.5 Å². The van der Waals surface area contributed by atoms with Gasteiger partial charge in [-0.05, 0) is 66.9 Å². The van der Waals surface area contributed by atoms with E-state index < -0.39 is 17.2 Å². The van der Waals surface area contributed by atoms with Gasteiger partial charge in [-0.1, -0.05) is 41.9 Å². The molecule has 0 aliphatic carbocycles. The van der Waals surface area contributed by atoms with Gasteiger partial charge in [0.15, 0.2) is 0 Å². The fourth-order valence-electron chi connectivity index (χ4n) is 6.11. The fraction of sp³-hybridized carbons (Fsp3) is 0.310. The molecule has 9 heteroatoms. The molecule has 6 rings (SSSR count). The quantitative estimate of drug-likeness (QED) is 0.410. The predicted octanol–water partition coefficient (Wildman–Crippen LogP) is 6.01. The number of fused-ring (bicyclic) bond motifs is 4. The third kappa shape index (κ3) is 4.07. The monoisotopic (exact) mass is 538 g/mol. The van der Waals surface area contributed by atoms with E-state index in [-0.39, 0.29) is 18.4 Å². The lowest BCUT2D eigenvalue weighted by Gasteiger charge is -2.53. The molecule has 0 saturated carbocycles. The van der Waals surface area contributed by atoms with E-state index in [4.69, 9.17) is 11.6 Å². The van der Waals surface area contributed by atoms with Crippen molar-refractivity contribution in [1.29, 1.82) is 0 Å². The molecular weight excluding hydrogens is 513 g/mol. The highest BCUT2D eigenvalue weighted by atomic mass is 35.5. The number of hydrazone groups is 1. The van der Waals surface area contributed by atoms with Gasteiger partial charge < -0.3 is 4.90 Å². The number of carbonyl (C=O) groups is 1. The smallest absolute Gasteiger partial charge is 0.364 e. The van der Waals surface area contributed by atoms with Gasteiger partial charge in [0.05, 0.1) is 23.0 Å². The van der Waals surface area contributed by atoms with Crippen molar-refractivity contribution in [2.24, 2.45) is 10.5 Å². The normalized spacial score (nSPS) is 23.4. The second kappa shape index (κ2) is 9.13. The van der Waals surface area contributed by atoms with Crippen LogP contribution in [-0.4, -0.2) is 42.2 Å². The van der Waals surface area contributed by atoms with E-state index in [1.807, 2.05) is 25.1 Å². The summed E-state index contributed by atoms with van der Waals surface area (Å²) in [5.41, 5.74) is 1.85.